The van der Waals surface area contributed by atoms with Crippen LogP contribution in [0.15, 0.2) is 30.3 Å². The van der Waals surface area contributed by atoms with Gasteiger partial charge in [0.2, 0.25) is 0 Å². The Hall–Kier alpha value is -0.417. The first kappa shape index (κ1) is 27.8. The van der Waals surface area contributed by atoms with Crippen LogP contribution < -0.4 is 0 Å². The molecule has 1 radical (unpaired) electrons. The summed E-state index contributed by atoms with van der Waals surface area (Å²) in [4.78, 5) is 0. The van der Waals surface area contributed by atoms with Crippen LogP contribution in [0.4, 0.5) is 0 Å². The Morgan fingerprint density at radius 1 is 0.800 bits per heavy atom. The predicted octanol–water partition coefficient (Wildman–Crippen LogP) is 7.02. The van der Waals surface area contributed by atoms with Crippen molar-refractivity contribution < 1.29 is 19.5 Å². The van der Waals surface area contributed by atoms with Gasteiger partial charge in [-0.2, -0.15) is 5.56 Å². The molecular weight excluding hydrogens is 329 g/mol. The third kappa shape index (κ3) is 17.6. The van der Waals surface area contributed by atoms with Crippen LogP contribution >= 0.6 is 0 Å². The number of rotatable bonds is 1. The van der Waals surface area contributed by atoms with Gasteiger partial charge in [0.15, 0.2) is 0 Å². The minimum Gasteiger partial charge on any atom is -0.266 e. The monoisotopic (exact) mass is 365 g/mol. The van der Waals surface area contributed by atoms with E-state index < -0.39 is 0 Å². The summed E-state index contributed by atoms with van der Waals surface area (Å²) in [6.45, 7) is 20.6. The van der Waals surface area contributed by atoms with Gasteiger partial charge in [0.05, 0.1) is 0 Å². The van der Waals surface area contributed by atoms with E-state index in [0.717, 1.165) is 0 Å². The maximum absolute atomic E-state index is 3.45. The van der Waals surface area contributed by atoms with Crippen molar-refractivity contribution in [3.63, 3.8) is 0 Å². The maximum atomic E-state index is 3.45. The van der Waals surface area contributed by atoms with Crippen LogP contribution in [0, 0.1) is 11.5 Å². The molecule has 119 valence electrons. The molecule has 0 saturated heterocycles. The molecule has 0 N–H and O–H groups in total. The van der Waals surface area contributed by atoms with Gasteiger partial charge in [-0.3, -0.25) is 6.08 Å². The van der Waals surface area contributed by atoms with E-state index in [4.69, 9.17) is 0 Å². The van der Waals surface area contributed by atoms with Crippen LogP contribution in [0.25, 0.3) is 5.57 Å². The molecule has 0 fully saturated rings. The quantitative estimate of drug-likeness (QED) is 0.371. The second-order valence-electron chi connectivity index (χ2n) is 4.37. The summed E-state index contributed by atoms with van der Waals surface area (Å²) in [7, 11) is 0. The zero-order chi connectivity index (χ0) is 15.9. The van der Waals surface area contributed by atoms with Crippen molar-refractivity contribution >= 4 is 5.57 Å². The van der Waals surface area contributed by atoms with Crippen molar-refractivity contribution in [1.29, 1.82) is 0 Å². The number of benzene rings is 1. The van der Waals surface area contributed by atoms with E-state index in [1.54, 1.807) is 0 Å². The molecule has 1 aromatic carbocycles. The van der Waals surface area contributed by atoms with Crippen LogP contribution in [-0.4, -0.2) is 0 Å². The van der Waals surface area contributed by atoms with Crippen LogP contribution in [0.2, 0.25) is 0 Å². The van der Waals surface area contributed by atoms with Gasteiger partial charge in [0.1, 0.15) is 0 Å². The molecular formula is C19H35Ru. The molecule has 1 heteroatoms. The van der Waals surface area contributed by atoms with Crippen LogP contribution in [0.1, 0.15) is 74.8 Å². The van der Waals surface area contributed by atoms with Crippen molar-refractivity contribution in [1.82, 2.24) is 0 Å². The van der Waals surface area contributed by atoms with E-state index in [9.17, 15) is 0 Å². The Bertz CT molecular complexity index is 291. The molecule has 0 amide bonds. The minimum absolute atomic E-state index is 0. The molecule has 0 bridgehead atoms. The SMILES string of the molecule is CC.CC.CC.CC(=[C-]C(C)(C)C)c1ccccc1.[Ru+]. The van der Waals surface area contributed by atoms with Crippen molar-refractivity contribution in [3.05, 3.63) is 42.0 Å². The van der Waals surface area contributed by atoms with Gasteiger partial charge in [-0.25, -0.2) is 5.57 Å². The Balaban J connectivity index is -0.000000162. The van der Waals surface area contributed by atoms with Crippen molar-refractivity contribution in [2.24, 2.45) is 5.41 Å². The van der Waals surface area contributed by atoms with Gasteiger partial charge in [0.25, 0.3) is 0 Å². The molecule has 0 aliphatic carbocycles. The molecule has 0 saturated carbocycles. The Morgan fingerprint density at radius 2 is 1.15 bits per heavy atom. The molecule has 0 heterocycles. The van der Waals surface area contributed by atoms with E-state index in [1.165, 1.54) is 11.1 Å². The van der Waals surface area contributed by atoms with Crippen molar-refractivity contribution in [3.8, 4) is 0 Å². The van der Waals surface area contributed by atoms with Crippen LogP contribution in [-0.2, 0) is 19.5 Å². The second kappa shape index (κ2) is 18.6. The zero-order valence-corrected chi connectivity index (χ0v) is 17.0. The first-order valence-corrected chi connectivity index (χ1v) is 7.66. The Morgan fingerprint density at radius 3 is 1.45 bits per heavy atom. The average Bonchev–Trinajstić information content (AvgIpc) is 2.44. The largest absolute Gasteiger partial charge is 1.00 e. The normalized spacial score (nSPS) is 9.40. The topological polar surface area (TPSA) is 0 Å². The summed E-state index contributed by atoms with van der Waals surface area (Å²) in [5, 5.41) is 0. The molecule has 0 atom stereocenters. The summed E-state index contributed by atoms with van der Waals surface area (Å²) in [5.74, 6) is 0. The zero-order valence-electron chi connectivity index (χ0n) is 15.2. The summed E-state index contributed by atoms with van der Waals surface area (Å²) in [6.07, 6.45) is 3.45. The molecule has 0 unspecified atom stereocenters. The molecule has 1 rings (SSSR count). The average molecular weight is 365 g/mol. The molecule has 0 nitrogen and oxygen atoms in total. The third-order valence-electron chi connectivity index (χ3n) is 1.77. The first-order valence-electron chi connectivity index (χ1n) is 7.66. The van der Waals surface area contributed by atoms with E-state index >= 15 is 0 Å². The van der Waals surface area contributed by atoms with Gasteiger partial charge in [-0.15, -0.1) is 12.1 Å². The summed E-state index contributed by atoms with van der Waals surface area (Å²) < 4.78 is 0. The van der Waals surface area contributed by atoms with E-state index in [-0.39, 0.29) is 24.9 Å². The molecule has 0 spiro atoms. The minimum atomic E-state index is 0. The van der Waals surface area contributed by atoms with Gasteiger partial charge in [-0.05, 0) is 0 Å². The molecule has 0 aliphatic heterocycles. The number of hydrogen-bond acceptors (Lipinski definition) is 0. The fraction of sp³-hybridized carbons (Fsp3) is 0.579. The fourth-order valence-corrected chi connectivity index (χ4v) is 1.32. The fourth-order valence-electron chi connectivity index (χ4n) is 1.32. The van der Waals surface area contributed by atoms with E-state index in [2.05, 4.69) is 58.0 Å². The van der Waals surface area contributed by atoms with E-state index in [0.29, 0.717) is 0 Å². The smallest absolute Gasteiger partial charge is 0.266 e. The molecule has 1 aromatic rings. The van der Waals surface area contributed by atoms with Gasteiger partial charge >= 0.3 is 19.5 Å². The van der Waals surface area contributed by atoms with Crippen LogP contribution in [0.3, 0.4) is 0 Å². The summed E-state index contributed by atoms with van der Waals surface area (Å²) in [5.41, 5.74) is 2.63. The summed E-state index contributed by atoms with van der Waals surface area (Å²) in [6, 6.07) is 10.4. The van der Waals surface area contributed by atoms with Gasteiger partial charge < -0.3 is 0 Å². The van der Waals surface area contributed by atoms with E-state index in [1.807, 2.05) is 47.6 Å². The van der Waals surface area contributed by atoms with Crippen molar-refractivity contribution in [2.75, 3.05) is 0 Å². The second-order valence-corrected chi connectivity index (χ2v) is 4.37. The molecule has 0 aromatic heterocycles. The van der Waals surface area contributed by atoms with Gasteiger partial charge in [-0.1, -0.05) is 92.9 Å². The maximum Gasteiger partial charge on any atom is 1.00 e. The van der Waals surface area contributed by atoms with Gasteiger partial charge in [0, 0.05) is 0 Å². The summed E-state index contributed by atoms with van der Waals surface area (Å²) >= 11 is 0. The number of allylic oxidation sites excluding steroid dienone is 2. The molecule has 0 aliphatic rings. The first-order chi connectivity index (χ1) is 8.99. The van der Waals surface area contributed by atoms with Crippen molar-refractivity contribution in [2.45, 2.75) is 69.2 Å². The number of hydrogen-bond donors (Lipinski definition) is 0. The standard InChI is InChI=1S/C13H17.3C2H6.Ru/c1-11(10-13(2,3)4)12-8-6-5-7-9-12;3*1-2;/h5-9H,1-4H3;3*1-2H3;/q-1;;;;+1. The Labute approximate surface area is 141 Å². The predicted molar refractivity (Wildman–Crippen MR) is 92.3 cm³/mol. The third-order valence-corrected chi connectivity index (χ3v) is 1.77. The molecule has 20 heavy (non-hydrogen) atoms. The Kier molecular flexibility index (Phi) is 25.9. The van der Waals surface area contributed by atoms with Crippen LogP contribution in [0.5, 0.6) is 0 Å².